The van der Waals surface area contributed by atoms with Gasteiger partial charge in [-0.25, -0.2) is 18.1 Å². The lowest BCUT2D eigenvalue weighted by Gasteiger charge is -2.32. The first-order valence-corrected chi connectivity index (χ1v) is 14.9. The number of carbonyl (C=O) groups is 1. The molecule has 43 heavy (non-hydrogen) atoms. The number of hydrogen-bond donors (Lipinski definition) is 4. The van der Waals surface area contributed by atoms with Crippen LogP contribution in [0.4, 0.5) is 14.6 Å². The van der Waals surface area contributed by atoms with Gasteiger partial charge in [-0.3, -0.25) is 13.9 Å². The lowest BCUT2D eigenvalue weighted by Crippen LogP contribution is -2.53. The summed E-state index contributed by atoms with van der Waals surface area (Å²) in [6, 6.07) is 10.4. The number of nitrogen functional groups attached to an aromatic ring is 1. The quantitative estimate of drug-likeness (QED) is 0.177. The number of aromatic nitrogens is 2. The van der Waals surface area contributed by atoms with Gasteiger partial charge in [-0.1, -0.05) is 41.9 Å². The van der Waals surface area contributed by atoms with Gasteiger partial charge >= 0.3 is 19.4 Å². The molecule has 5 N–H and O–H groups in total. The van der Waals surface area contributed by atoms with Crippen LogP contribution >= 0.6 is 19.3 Å². The van der Waals surface area contributed by atoms with E-state index >= 15 is 0 Å². The molecule has 0 aliphatic carbocycles. The van der Waals surface area contributed by atoms with E-state index < -0.39 is 68.6 Å². The number of benzene rings is 2. The molecular formula is C26H30ClF2N4O9P. The third kappa shape index (κ3) is 6.99. The molecule has 1 aliphatic rings. The van der Waals surface area contributed by atoms with Gasteiger partial charge in [0.15, 0.2) is 11.8 Å². The molecule has 0 radical (unpaired) electrons. The van der Waals surface area contributed by atoms with Gasteiger partial charge in [0.1, 0.15) is 29.8 Å². The number of nitrogens with two attached hydrogens (primary N) is 1. The number of nitrogens with zero attached hydrogens (tertiary/aromatic N) is 2. The number of nitrogens with one attached hydrogen (secondary N) is 1. The molecule has 13 nitrogen and oxygen atoms in total. The van der Waals surface area contributed by atoms with Crippen LogP contribution in [0.1, 0.15) is 27.0 Å². The molecule has 0 saturated carbocycles. The summed E-state index contributed by atoms with van der Waals surface area (Å²) in [5.74, 6) is -1.21. The van der Waals surface area contributed by atoms with Crippen molar-refractivity contribution in [1.29, 1.82) is 0 Å². The third-order valence-corrected chi connectivity index (χ3v) is 8.41. The monoisotopic (exact) mass is 646 g/mol. The lowest BCUT2D eigenvalue weighted by molar-refractivity contribution is -0.192. The zero-order valence-electron chi connectivity index (χ0n) is 23.1. The number of esters is 1. The van der Waals surface area contributed by atoms with E-state index in [9.17, 15) is 33.1 Å². The van der Waals surface area contributed by atoms with Gasteiger partial charge in [-0.05, 0) is 43.7 Å². The first-order valence-electron chi connectivity index (χ1n) is 12.9. The lowest BCUT2D eigenvalue weighted by atomic mass is 9.96. The highest BCUT2D eigenvalue weighted by Crippen LogP contribution is 2.49. The van der Waals surface area contributed by atoms with E-state index in [0.29, 0.717) is 9.95 Å². The zero-order valence-corrected chi connectivity index (χ0v) is 24.7. The predicted molar refractivity (Wildman–Crippen MR) is 151 cm³/mol. The molecule has 0 bridgehead atoms. The number of aliphatic hydroxyl groups excluding tert-OH is 2. The molecule has 17 heteroatoms. The molecule has 234 valence electrons. The second-order valence-electron chi connectivity index (χ2n) is 10.1. The Morgan fingerprint density at radius 3 is 2.56 bits per heavy atom. The molecule has 3 aromatic rings. The Bertz CT molecular complexity index is 1600. The minimum atomic E-state index is -4.74. The van der Waals surface area contributed by atoms with Crippen LogP contribution in [0.15, 0.2) is 53.5 Å². The number of ether oxygens (including phenoxy) is 2. The molecule has 2 aromatic carbocycles. The topological polar surface area (TPSA) is 184 Å². The van der Waals surface area contributed by atoms with Crippen molar-refractivity contribution in [3.63, 3.8) is 0 Å². The van der Waals surface area contributed by atoms with E-state index in [2.05, 4.69) is 10.1 Å². The van der Waals surface area contributed by atoms with Gasteiger partial charge < -0.3 is 29.9 Å². The number of fused-ring (bicyclic) bond motifs is 1. The number of halogens is 3. The summed E-state index contributed by atoms with van der Waals surface area (Å²) in [4.78, 5) is 28.3. The Labute approximate surface area is 249 Å². The highest BCUT2D eigenvalue weighted by Gasteiger charge is 2.61. The minimum absolute atomic E-state index is 0.00926. The number of aliphatic hydroxyl groups is 2. The largest absolute Gasteiger partial charge is 0.462 e. The maximum absolute atomic E-state index is 14.6. The predicted octanol–water partition coefficient (Wildman–Crippen LogP) is 3.02. The normalized spacial score (nSPS) is 24.3. The molecule has 4 rings (SSSR count). The average molecular weight is 647 g/mol. The van der Waals surface area contributed by atoms with E-state index in [1.54, 1.807) is 38.1 Å². The van der Waals surface area contributed by atoms with Crippen LogP contribution in [-0.2, 0) is 23.4 Å². The molecule has 0 amide bonds. The van der Waals surface area contributed by atoms with Crippen molar-refractivity contribution >= 4 is 41.9 Å². The molecule has 0 spiro atoms. The van der Waals surface area contributed by atoms with Crippen molar-refractivity contribution in [2.45, 2.75) is 63.4 Å². The molecular weight excluding hydrogens is 617 g/mol. The van der Waals surface area contributed by atoms with Gasteiger partial charge in [0, 0.05) is 6.20 Å². The van der Waals surface area contributed by atoms with Gasteiger partial charge in [-0.15, -0.1) is 0 Å². The number of hydrogen-bond acceptors (Lipinski definition) is 11. The Balaban J connectivity index is 1.66. The Hall–Kier alpha value is -3.17. The summed E-state index contributed by atoms with van der Waals surface area (Å²) in [7, 11) is -4.74. The van der Waals surface area contributed by atoms with Crippen LogP contribution in [0, 0.1) is 0 Å². The fourth-order valence-corrected chi connectivity index (χ4v) is 5.97. The fourth-order valence-electron chi connectivity index (χ4n) is 4.30. The molecule has 2 heterocycles. The number of rotatable bonds is 11. The molecule has 0 unspecified atom stereocenters. The first kappa shape index (κ1) is 32.7. The van der Waals surface area contributed by atoms with Crippen LogP contribution < -0.4 is 21.0 Å². The number of anilines is 1. The van der Waals surface area contributed by atoms with E-state index in [4.69, 9.17) is 35.9 Å². The van der Waals surface area contributed by atoms with Crippen LogP contribution in [-0.4, -0.2) is 68.7 Å². The Kier molecular flexibility index (Phi) is 9.76. The smallest absolute Gasteiger partial charge is 0.459 e. The Morgan fingerprint density at radius 2 is 1.91 bits per heavy atom. The maximum Gasteiger partial charge on any atom is 0.459 e. The van der Waals surface area contributed by atoms with Gasteiger partial charge in [0.2, 0.25) is 0 Å². The Morgan fingerprint density at radius 1 is 1.23 bits per heavy atom. The summed E-state index contributed by atoms with van der Waals surface area (Å²) in [5, 5.41) is 25.0. The van der Waals surface area contributed by atoms with E-state index in [0.717, 1.165) is 11.6 Å². The molecule has 1 aromatic heterocycles. The van der Waals surface area contributed by atoms with Crippen molar-refractivity contribution in [3.8, 4) is 5.75 Å². The second-order valence-corrected chi connectivity index (χ2v) is 12.2. The van der Waals surface area contributed by atoms with Crippen molar-refractivity contribution in [1.82, 2.24) is 14.6 Å². The van der Waals surface area contributed by atoms with Gasteiger partial charge in [-0.2, -0.15) is 10.1 Å². The third-order valence-electron chi connectivity index (χ3n) is 6.50. The van der Waals surface area contributed by atoms with Crippen molar-refractivity contribution in [2.24, 2.45) is 0 Å². The molecule has 1 aliphatic heterocycles. The minimum Gasteiger partial charge on any atom is -0.462 e. The number of carbonyl (C=O) groups excluding carboxylic acids is 1. The highest BCUT2D eigenvalue weighted by atomic mass is 35.5. The maximum atomic E-state index is 14.6. The van der Waals surface area contributed by atoms with E-state index in [1.807, 2.05) is 6.07 Å². The number of alkyl halides is 2. The van der Waals surface area contributed by atoms with Crippen molar-refractivity contribution in [2.75, 3.05) is 12.3 Å². The van der Waals surface area contributed by atoms with Crippen LogP contribution in [0.5, 0.6) is 5.75 Å². The second kappa shape index (κ2) is 12.8. The SMILES string of the molecule is CC(C)OC(=O)[C@H](C)N[P@](=O)(OC[C@@]1(C(F)F)O[C@@H](n2cc(Cl)c(N)nc2=O)[C@H](O)[C@@H]1O)Oc1ccc2ccccc2c1. The summed E-state index contributed by atoms with van der Waals surface area (Å²) in [5.41, 5.74) is 1.34. The zero-order chi connectivity index (χ0) is 31.7. The van der Waals surface area contributed by atoms with E-state index in [1.165, 1.54) is 19.1 Å². The fraction of sp³-hybridized carbons (Fsp3) is 0.423. The molecule has 1 fully saturated rings. The summed E-state index contributed by atoms with van der Waals surface area (Å²) < 4.78 is 65.3. The average Bonchev–Trinajstić information content (AvgIpc) is 3.19. The summed E-state index contributed by atoms with van der Waals surface area (Å²) in [6.45, 7) is 3.13. The highest BCUT2D eigenvalue weighted by molar-refractivity contribution is 7.52. The van der Waals surface area contributed by atoms with E-state index in [-0.39, 0.29) is 16.6 Å². The van der Waals surface area contributed by atoms with Crippen LogP contribution in [0.3, 0.4) is 0 Å². The molecule has 6 atom stereocenters. The summed E-state index contributed by atoms with van der Waals surface area (Å²) in [6.07, 6.45) is -9.61. The van der Waals surface area contributed by atoms with Gasteiger partial charge in [0.05, 0.1) is 17.7 Å². The first-order chi connectivity index (χ1) is 20.2. The van der Waals surface area contributed by atoms with Gasteiger partial charge in [0.25, 0.3) is 6.43 Å². The van der Waals surface area contributed by atoms with Crippen molar-refractivity contribution in [3.05, 3.63) is 64.2 Å². The van der Waals surface area contributed by atoms with Crippen LogP contribution in [0.2, 0.25) is 5.02 Å². The van der Waals surface area contributed by atoms with Crippen molar-refractivity contribution < 1.29 is 46.9 Å². The standard InChI is InChI=1S/C26H30ClF2N4O9P/c1-13(2)40-23(36)14(3)32-43(38,42-17-9-8-15-6-4-5-7-16(15)10-17)39-12-26(24(28)29)20(35)19(34)22(41-26)33-11-18(27)21(30)31-25(33)37/h4-11,13-14,19-20,22,24,34-35H,12H2,1-3H3,(H,32,38)(H2,30,31,37)/t14-,19+,20-,22+,26+,43-/m0/s1. The van der Waals surface area contributed by atoms with Crippen LogP contribution in [0.25, 0.3) is 10.8 Å². The molecule has 1 saturated heterocycles. The summed E-state index contributed by atoms with van der Waals surface area (Å²) >= 11 is 5.90.